The maximum atomic E-state index is 13.6. The lowest BCUT2D eigenvalue weighted by atomic mass is 10.00. The third kappa shape index (κ3) is 12.1. The smallest absolute Gasteiger partial charge is 0.408 e. The number of aliphatic hydroxyl groups is 1. The predicted octanol–water partition coefficient (Wildman–Crippen LogP) is 4.27. The van der Waals surface area contributed by atoms with Gasteiger partial charge in [-0.15, -0.1) is 0 Å². The van der Waals surface area contributed by atoms with E-state index in [-0.39, 0.29) is 24.7 Å². The summed E-state index contributed by atoms with van der Waals surface area (Å²) in [6.07, 6.45) is -0.295. The number of ether oxygens (including phenoxy) is 2. The van der Waals surface area contributed by atoms with Crippen LogP contribution in [0.25, 0.3) is 0 Å². The van der Waals surface area contributed by atoms with Crippen molar-refractivity contribution < 1.29 is 34.1 Å². The minimum absolute atomic E-state index is 0.118. The molecule has 0 radical (unpaired) electrons. The second-order valence-corrected chi connectivity index (χ2v) is 12.3. The summed E-state index contributed by atoms with van der Waals surface area (Å²) < 4.78 is 11.3. The Morgan fingerprint density at radius 1 is 0.756 bits per heavy atom. The van der Waals surface area contributed by atoms with Gasteiger partial charge in [0.2, 0.25) is 11.8 Å². The van der Waals surface area contributed by atoms with Gasteiger partial charge in [0, 0.05) is 6.42 Å². The molecular weight excluding hydrogens is 574 g/mol. The second kappa shape index (κ2) is 16.5. The summed E-state index contributed by atoms with van der Waals surface area (Å²) >= 11 is 0. The number of aliphatic hydroxyl groups excluding tert-OH is 1. The van der Waals surface area contributed by atoms with Gasteiger partial charge in [0.25, 0.3) is 0 Å². The van der Waals surface area contributed by atoms with Crippen LogP contribution in [0.1, 0.15) is 51.3 Å². The number of phenols is 1. The van der Waals surface area contributed by atoms with E-state index in [0.717, 1.165) is 16.7 Å². The Labute approximate surface area is 265 Å². The summed E-state index contributed by atoms with van der Waals surface area (Å²) in [6, 6.07) is 20.9. The molecule has 0 unspecified atom stereocenters. The van der Waals surface area contributed by atoms with E-state index >= 15 is 0 Å². The Morgan fingerprint density at radius 3 is 1.93 bits per heavy atom. The molecule has 0 saturated carbocycles. The van der Waals surface area contributed by atoms with Crippen molar-refractivity contribution in [2.45, 2.75) is 77.8 Å². The number of alkyl carbamates (subject to hydrolysis) is 1. The van der Waals surface area contributed by atoms with E-state index in [1.165, 1.54) is 12.1 Å². The van der Waals surface area contributed by atoms with E-state index in [1.807, 2.05) is 42.5 Å². The molecule has 3 rings (SSSR count). The maximum Gasteiger partial charge on any atom is 0.408 e. The average molecular weight is 620 g/mol. The Morgan fingerprint density at radius 2 is 1.36 bits per heavy atom. The number of amides is 3. The van der Waals surface area contributed by atoms with Crippen LogP contribution in [0.3, 0.4) is 0 Å². The maximum absolute atomic E-state index is 13.6. The quantitative estimate of drug-likeness (QED) is 0.181. The molecule has 3 atom stereocenters. The lowest BCUT2D eigenvalue weighted by molar-refractivity contribution is -0.131. The SMILES string of the molecule is CC(C)[C@H](NC(=O)[C@H](Cc1ccc(OCc2ccccc2)cc1)NC(=O)OC(C)(C)C)C(=O)N[C@H](CO)Cc1ccc(O)cc1. The van der Waals surface area contributed by atoms with Gasteiger partial charge in [0.1, 0.15) is 35.8 Å². The molecule has 0 saturated heterocycles. The number of benzene rings is 3. The van der Waals surface area contributed by atoms with Crippen molar-refractivity contribution in [3.8, 4) is 11.5 Å². The highest BCUT2D eigenvalue weighted by Crippen LogP contribution is 2.17. The zero-order valence-corrected chi connectivity index (χ0v) is 26.6. The van der Waals surface area contributed by atoms with Crippen LogP contribution >= 0.6 is 0 Å². The van der Waals surface area contributed by atoms with E-state index < -0.39 is 41.6 Å². The van der Waals surface area contributed by atoms with Crippen molar-refractivity contribution in [3.63, 3.8) is 0 Å². The standard InChI is InChI=1S/C35H45N3O7/c1-23(2)31(33(42)36-27(21-39)19-24-11-15-28(40)16-12-24)38-32(41)30(37-34(43)45-35(3,4)5)20-25-13-17-29(18-14-25)44-22-26-9-7-6-8-10-26/h6-18,23,27,30-31,39-40H,19-22H2,1-5H3,(H,36,42)(H,37,43)(H,38,41)/t27-,30-,31-/m0/s1. The summed E-state index contributed by atoms with van der Waals surface area (Å²) in [7, 11) is 0. The van der Waals surface area contributed by atoms with Crippen molar-refractivity contribution in [3.05, 3.63) is 95.6 Å². The molecule has 0 aliphatic carbocycles. The minimum atomic E-state index is -1.05. The molecule has 0 aliphatic rings. The topological polar surface area (TPSA) is 146 Å². The van der Waals surface area contributed by atoms with Gasteiger partial charge in [-0.2, -0.15) is 0 Å². The molecule has 0 bridgehead atoms. The van der Waals surface area contributed by atoms with Crippen LogP contribution in [0.5, 0.6) is 11.5 Å². The number of carbonyl (C=O) groups is 3. The van der Waals surface area contributed by atoms with Crippen molar-refractivity contribution in [2.24, 2.45) is 5.92 Å². The van der Waals surface area contributed by atoms with Gasteiger partial charge in [-0.1, -0.05) is 68.4 Å². The number of carbonyl (C=O) groups excluding carboxylic acids is 3. The molecule has 0 aromatic heterocycles. The molecule has 0 spiro atoms. The number of hydrogen-bond donors (Lipinski definition) is 5. The van der Waals surface area contributed by atoms with E-state index in [4.69, 9.17) is 9.47 Å². The van der Waals surface area contributed by atoms with Crippen molar-refractivity contribution in [1.82, 2.24) is 16.0 Å². The molecule has 3 aromatic rings. The van der Waals surface area contributed by atoms with Crippen LogP contribution in [-0.2, 0) is 33.8 Å². The van der Waals surface area contributed by atoms with E-state index in [9.17, 15) is 24.6 Å². The van der Waals surface area contributed by atoms with Gasteiger partial charge < -0.3 is 35.6 Å². The summed E-state index contributed by atoms with van der Waals surface area (Å²) in [5, 5.41) is 27.7. The fourth-order valence-electron chi connectivity index (χ4n) is 4.52. The van der Waals surface area contributed by atoms with Gasteiger partial charge in [-0.3, -0.25) is 9.59 Å². The highest BCUT2D eigenvalue weighted by Gasteiger charge is 2.31. The van der Waals surface area contributed by atoms with Crippen molar-refractivity contribution >= 4 is 17.9 Å². The lowest BCUT2D eigenvalue weighted by Gasteiger charge is -2.28. The Bertz CT molecular complexity index is 1370. The molecule has 10 heteroatoms. The van der Waals surface area contributed by atoms with Crippen LogP contribution in [-0.4, -0.2) is 58.5 Å². The summed E-state index contributed by atoms with van der Waals surface area (Å²) in [5.41, 5.74) is 1.84. The van der Waals surface area contributed by atoms with Gasteiger partial charge in [0.15, 0.2) is 0 Å². The Balaban J connectivity index is 1.70. The first-order valence-electron chi connectivity index (χ1n) is 15.1. The number of nitrogens with one attached hydrogen (secondary N) is 3. The average Bonchev–Trinajstić information content (AvgIpc) is 2.99. The zero-order chi connectivity index (χ0) is 33.0. The number of phenolic OH excluding ortho intramolecular Hbond substituents is 1. The third-order valence-electron chi connectivity index (χ3n) is 6.85. The van der Waals surface area contributed by atoms with Gasteiger partial charge in [-0.05, 0) is 74.1 Å². The minimum Gasteiger partial charge on any atom is -0.508 e. The van der Waals surface area contributed by atoms with Crippen LogP contribution < -0.4 is 20.7 Å². The summed E-state index contributed by atoms with van der Waals surface area (Å²) in [5.74, 6) is -0.547. The van der Waals surface area contributed by atoms with Gasteiger partial charge in [-0.25, -0.2) is 4.79 Å². The van der Waals surface area contributed by atoms with Crippen molar-refractivity contribution in [2.75, 3.05) is 6.61 Å². The lowest BCUT2D eigenvalue weighted by Crippen LogP contribution is -2.57. The normalized spacial score (nSPS) is 13.3. The predicted molar refractivity (Wildman–Crippen MR) is 172 cm³/mol. The first-order valence-corrected chi connectivity index (χ1v) is 15.1. The highest BCUT2D eigenvalue weighted by atomic mass is 16.6. The number of rotatable bonds is 14. The molecule has 242 valence electrons. The summed E-state index contributed by atoms with van der Waals surface area (Å²) in [6.45, 7) is 8.86. The molecule has 0 aliphatic heterocycles. The van der Waals surface area contributed by atoms with Crippen LogP contribution in [0.15, 0.2) is 78.9 Å². The van der Waals surface area contributed by atoms with Gasteiger partial charge >= 0.3 is 6.09 Å². The van der Waals surface area contributed by atoms with Gasteiger partial charge in [0.05, 0.1) is 12.6 Å². The molecule has 45 heavy (non-hydrogen) atoms. The zero-order valence-electron chi connectivity index (χ0n) is 26.6. The fraction of sp³-hybridized carbons (Fsp3) is 0.400. The first-order chi connectivity index (χ1) is 21.3. The van der Waals surface area contributed by atoms with Crippen molar-refractivity contribution in [1.29, 1.82) is 0 Å². The molecule has 3 aromatic carbocycles. The number of hydrogen-bond acceptors (Lipinski definition) is 7. The Hall–Kier alpha value is -4.57. The number of aromatic hydroxyl groups is 1. The van der Waals surface area contributed by atoms with Crippen LogP contribution in [0.2, 0.25) is 0 Å². The molecule has 10 nitrogen and oxygen atoms in total. The second-order valence-electron chi connectivity index (χ2n) is 12.3. The first kappa shape index (κ1) is 34.9. The monoisotopic (exact) mass is 619 g/mol. The van der Waals surface area contributed by atoms with E-state index in [0.29, 0.717) is 18.8 Å². The third-order valence-corrected chi connectivity index (χ3v) is 6.85. The van der Waals surface area contributed by atoms with Crippen LogP contribution in [0, 0.1) is 5.92 Å². The molecule has 0 fully saturated rings. The molecule has 5 N–H and O–H groups in total. The van der Waals surface area contributed by atoms with E-state index in [1.54, 1.807) is 58.9 Å². The highest BCUT2D eigenvalue weighted by molar-refractivity contribution is 5.91. The molecular formula is C35H45N3O7. The van der Waals surface area contributed by atoms with Crippen LogP contribution in [0.4, 0.5) is 4.79 Å². The molecule has 3 amide bonds. The summed E-state index contributed by atoms with van der Waals surface area (Å²) in [4.78, 5) is 39.7. The fourth-order valence-corrected chi connectivity index (χ4v) is 4.52. The molecule has 0 heterocycles. The van der Waals surface area contributed by atoms with E-state index in [2.05, 4.69) is 16.0 Å². The Kier molecular flexibility index (Phi) is 12.8. The largest absolute Gasteiger partial charge is 0.508 e.